The second-order valence-corrected chi connectivity index (χ2v) is 9.13. The zero-order chi connectivity index (χ0) is 24.7. The first kappa shape index (κ1) is 23.5. The molecule has 0 spiro atoms. The van der Waals surface area contributed by atoms with Gasteiger partial charge in [-0.1, -0.05) is 60.7 Å². The lowest BCUT2D eigenvalue weighted by Gasteiger charge is -2.24. The van der Waals surface area contributed by atoms with E-state index in [1.165, 1.54) is 11.1 Å². The van der Waals surface area contributed by atoms with Crippen molar-refractivity contribution in [3.05, 3.63) is 125 Å². The fraction of sp³-hybridized carbons (Fsp3) is 0.233. The third-order valence-electron chi connectivity index (χ3n) is 6.67. The van der Waals surface area contributed by atoms with Crippen molar-refractivity contribution in [2.24, 2.45) is 5.92 Å². The fourth-order valence-corrected chi connectivity index (χ4v) is 5.00. The molecule has 2 atom stereocenters. The molecule has 0 saturated carbocycles. The van der Waals surface area contributed by atoms with Gasteiger partial charge in [-0.25, -0.2) is 4.79 Å². The van der Waals surface area contributed by atoms with Crippen LogP contribution in [0.2, 0.25) is 0 Å². The molecule has 36 heavy (non-hydrogen) atoms. The van der Waals surface area contributed by atoms with E-state index in [1.807, 2.05) is 41.3 Å². The average molecular weight is 480 g/mol. The predicted molar refractivity (Wildman–Crippen MR) is 138 cm³/mol. The summed E-state index contributed by atoms with van der Waals surface area (Å²) in [4.78, 5) is 15.2. The van der Waals surface area contributed by atoms with E-state index in [4.69, 9.17) is 9.84 Å². The third-order valence-corrected chi connectivity index (χ3v) is 6.67. The number of carboxylic acids is 1. The zero-order valence-electron chi connectivity index (χ0n) is 20.0. The second-order valence-electron chi connectivity index (χ2n) is 9.13. The predicted octanol–water partition coefficient (Wildman–Crippen LogP) is 5.28. The Bertz CT molecular complexity index is 1290. The van der Waals surface area contributed by atoms with Crippen LogP contribution in [-0.4, -0.2) is 32.4 Å². The molecule has 6 nitrogen and oxygen atoms in total. The zero-order valence-corrected chi connectivity index (χ0v) is 20.0. The van der Waals surface area contributed by atoms with Gasteiger partial charge in [0.25, 0.3) is 0 Å². The van der Waals surface area contributed by atoms with Crippen molar-refractivity contribution in [2.75, 3.05) is 6.61 Å². The van der Waals surface area contributed by atoms with Crippen LogP contribution in [0.5, 0.6) is 5.75 Å². The molecular weight excluding hydrogens is 450 g/mol. The number of aliphatic carboxylic acids is 1. The summed E-state index contributed by atoms with van der Waals surface area (Å²) in [5.74, 6) is 0.268. The van der Waals surface area contributed by atoms with Gasteiger partial charge in [-0.15, -0.1) is 0 Å². The van der Waals surface area contributed by atoms with Gasteiger partial charge in [-0.3, -0.25) is 9.67 Å². The van der Waals surface area contributed by atoms with E-state index in [9.17, 15) is 4.79 Å². The Morgan fingerprint density at radius 1 is 1.06 bits per heavy atom. The monoisotopic (exact) mass is 479 g/mol. The molecule has 2 aromatic heterocycles. The Kier molecular flexibility index (Phi) is 7.22. The molecule has 0 fully saturated rings. The molecule has 0 amide bonds. The highest BCUT2D eigenvalue weighted by Gasteiger charge is 2.21. The summed E-state index contributed by atoms with van der Waals surface area (Å²) < 4.78 is 7.47. The van der Waals surface area contributed by atoms with E-state index >= 15 is 0 Å². The lowest BCUT2D eigenvalue weighted by atomic mass is 9.83. The summed E-state index contributed by atoms with van der Waals surface area (Å²) >= 11 is 0. The van der Waals surface area contributed by atoms with E-state index in [0.29, 0.717) is 18.2 Å². The molecule has 0 aliphatic heterocycles. The van der Waals surface area contributed by atoms with Gasteiger partial charge in [0.15, 0.2) is 6.61 Å². The van der Waals surface area contributed by atoms with Crippen LogP contribution < -0.4 is 4.74 Å². The number of aromatic nitrogens is 3. The van der Waals surface area contributed by atoms with E-state index < -0.39 is 5.97 Å². The van der Waals surface area contributed by atoms with Crippen LogP contribution in [0.25, 0.3) is 0 Å². The number of fused-ring (bicyclic) bond motifs is 1. The number of hydrogen-bond donors (Lipinski definition) is 1. The molecule has 1 aliphatic carbocycles. The number of carboxylic acid groups (broad SMARTS) is 1. The van der Waals surface area contributed by atoms with Crippen LogP contribution in [0.3, 0.4) is 0 Å². The van der Waals surface area contributed by atoms with E-state index in [2.05, 4.69) is 64.8 Å². The van der Waals surface area contributed by atoms with Gasteiger partial charge in [0, 0.05) is 30.1 Å². The highest BCUT2D eigenvalue weighted by atomic mass is 16.5. The Hall–Kier alpha value is -4.19. The first-order valence-corrected chi connectivity index (χ1v) is 12.3. The van der Waals surface area contributed by atoms with Crippen LogP contribution >= 0.6 is 0 Å². The fourth-order valence-electron chi connectivity index (χ4n) is 5.00. The first-order valence-electron chi connectivity index (χ1n) is 12.3. The standard InChI is InChI=1S/C30H29N3O3/c34-29(35)21-36-28-12-4-10-24-17-22(13-14-27(24)28)7-6-16-33-20-26(19-32-33)30(23-8-2-1-3-9-23)25-11-5-15-31-18-25/h1-12,15,18-20,22,30H,13-14,16-17,21H2,(H,34,35). The number of rotatable bonds is 9. The van der Waals surface area contributed by atoms with Crippen molar-refractivity contribution in [3.63, 3.8) is 0 Å². The van der Waals surface area contributed by atoms with Crippen LogP contribution in [0, 0.1) is 5.92 Å². The summed E-state index contributed by atoms with van der Waals surface area (Å²) in [6.07, 6.45) is 15.1. The molecule has 182 valence electrons. The molecule has 1 aliphatic rings. The lowest BCUT2D eigenvalue weighted by Crippen LogP contribution is -2.16. The van der Waals surface area contributed by atoms with Crippen LogP contribution in [0.15, 0.2) is 97.6 Å². The Morgan fingerprint density at radius 2 is 1.92 bits per heavy atom. The number of pyridine rings is 1. The molecule has 5 rings (SSSR count). The highest BCUT2D eigenvalue weighted by Crippen LogP contribution is 2.33. The first-order chi connectivity index (χ1) is 17.7. The molecule has 4 aromatic rings. The summed E-state index contributed by atoms with van der Waals surface area (Å²) in [7, 11) is 0. The molecule has 2 aromatic carbocycles. The van der Waals surface area contributed by atoms with E-state index in [1.54, 1.807) is 6.20 Å². The quantitative estimate of drug-likeness (QED) is 0.331. The maximum Gasteiger partial charge on any atom is 0.341 e. The van der Waals surface area contributed by atoms with Gasteiger partial charge < -0.3 is 9.84 Å². The largest absolute Gasteiger partial charge is 0.482 e. The number of benzene rings is 2. The molecule has 0 bridgehead atoms. The van der Waals surface area contributed by atoms with Crippen LogP contribution in [0.1, 0.15) is 40.2 Å². The highest BCUT2D eigenvalue weighted by molar-refractivity contribution is 5.68. The second kappa shape index (κ2) is 11.0. The van der Waals surface area contributed by atoms with E-state index in [-0.39, 0.29) is 12.5 Å². The Labute approximate surface area is 210 Å². The van der Waals surface area contributed by atoms with Gasteiger partial charge >= 0.3 is 5.97 Å². The van der Waals surface area contributed by atoms with Crippen molar-refractivity contribution in [1.29, 1.82) is 0 Å². The maximum atomic E-state index is 10.9. The maximum absolute atomic E-state index is 10.9. The lowest BCUT2D eigenvalue weighted by molar-refractivity contribution is -0.139. The summed E-state index contributed by atoms with van der Waals surface area (Å²) in [5, 5.41) is 13.5. The van der Waals surface area contributed by atoms with Crippen molar-refractivity contribution in [3.8, 4) is 5.75 Å². The van der Waals surface area contributed by atoms with Gasteiger partial charge in [0.05, 0.1) is 12.7 Å². The van der Waals surface area contributed by atoms with Crippen molar-refractivity contribution in [1.82, 2.24) is 14.8 Å². The smallest absolute Gasteiger partial charge is 0.341 e. The Morgan fingerprint density at radius 3 is 2.72 bits per heavy atom. The van der Waals surface area contributed by atoms with Gasteiger partial charge in [0.2, 0.25) is 0 Å². The number of carbonyl (C=O) groups is 1. The van der Waals surface area contributed by atoms with Crippen LogP contribution in [-0.2, 0) is 24.2 Å². The Balaban J connectivity index is 1.25. The summed E-state index contributed by atoms with van der Waals surface area (Å²) in [5.41, 5.74) is 5.88. The van der Waals surface area contributed by atoms with Crippen molar-refractivity contribution in [2.45, 2.75) is 31.7 Å². The summed E-state index contributed by atoms with van der Waals surface area (Å²) in [6.45, 7) is 0.400. The molecule has 1 N–H and O–H groups in total. The topological polar surface area (TPSA) is 77.2 Å². The minimum Gasteiger partial charge on any atom is -0.482 e. The van der Waals surface area contributed by atoms with Crippen LogP contribution in [0.4, 0.5) is 0 Å². The van der Waals surface area contributed by atoms with E-state index in [0.717, 1.165) is 36.0 Å². The number of hydrogen-bond acceptors (Lipinski definition) is 4. The summed E-state index contributed by atoms with van der Waals surface area (Å²) in [6, 6.07) is 20.5. The minimum atomic E-state index is -0.957. The SMILES string of the molecule is O=C(O)COc1cccc2c1CCC(C=CCn1cc(C(c3ccccc3)c3cccnc3)cn1)C2. The van der Waals surface area contributed by atoms with Crippen molar-refractivity contribution < 1.29 is 14.6 Å². The average Bonchev–Trinajstić information content (AvgIpc) is 3.37. The number of nitrogens with zero attached hydrogens (tertiary/aromatic N) is 3. The molecular formula is C30H29N3O3. The van der Waals surface area contributed by atoms with Gasteiger partial charge in [-0.05, 0) is 59.6 Å². The number of ether oxygens (including phenoxy) is 1. The van der Waals surface area contributed by atoms with Gasteiger partial charge in [-0.2, -0.15) is 5.10 Å². The van der Waals surface area contributed by atoms with Crippen molar-refractivity contribution >= 4 is 5.97 Å². The molecule has 6 heteroatoms. The third kappa shape index (κ3) is 5.54. The molecule has 0 radical (unpaired) electrons. The molecule has 0 saturated heterocycles. The number of allylic oxidation sites excluding steroid dienone is 2. The molecule has 2 heterocycles. The van der Waals surface area contributed by atoms with Gasteiger partial charge in [0.1, 0.15) is 5.75 Å². The minimum absolute atomic E-state index is 0.0880. The normalized spacial score (nSPS) is 15.9. The molecule has 2 unspecified atom stereocenters.